The Morgan fingerprint density at radius 3 is 2.69 bits per heavy atom. The fourth-order valence-corrected chi connectivity index (χ4v) is 2.00. The van der Waals surface area contributed by atoms with Crippen molar-refractivity contribution in [1.82, 2.24) is 4.98 Å². The lowest BCUT2D eigenvalue weighted by molar-refractivity contribution is 0.892. The van der Waals surface area contributed by atoms with Crippen molar-refractivity contribution in [2.45, 2.75) is 13.5 Å². The third kappa shape index (κ3) is 2.03. The van der Waals surface area contributed by atoms with E-state index in [4.69, 9.17) is 5.73 Å². The molecular weight excluding hydrogens is 198 g/mol. The number of nitrogens with zero attached hydrogens (tertiary/aromatic N) is 1. The SMILES string of the molecule is Cc1cccc(N)c1N(C)Cc1ccc[nH]1. The first-order valence-corrected chi connectivity index (χ1v) is 5.37. The molecule has 3 N–H and O–H groups in total. The van der Waals surface area contributed by atoms with Gasteiger partial charge in [0.25, 0.3) is 0 Å². The number of aromatic nitrogens is 1. The first-order valence-electron chi connectivity index (χ1n) is 5.37. The Labute approximate surface area is 95.9 Å². The number of aryl methyl sites for hydroxylation is 1. The van der Waals surface area contributed by atoms with Crippen molar-refractivity contribution < 1.29 is 0 Å². The van der Waals surface area contributed by atoms with E-state index < -0.39 is 0 Å². The maximum atomic E-state index is 6.00. The van der Waals surface area contributed by atoms with E-state index in [1.165, 1.54) is 11.3 Å². The standard InChI is InChI=1S/C13H17N3/c1-10-5-3-7-12(14)13(10)16(2)9-11-6-4-8-15-11/h3-8,15H,9,14H2,1-2H3. The molecule has 0 saturated heterocycles. The van der Waals surface area contributed by atoms with Crippen LogP contribution in [0.4, 0.5) is 11.4 Å². The molecule has 0 fully saturated rings. The lowest BCUT2D eigenvalue weighted by Gasteiger charge is -2.22. The van der Waals surface area contributed by atoms with Crippen LogP contribution in [-0.4, -0.2) is 12.0 Å². The Balaban J connectivity index is 2.24. The molecule has 0 spiro atoms. The van der Waals surface area contributed by atoms with Gasteiger partial charge in [0.15, 0.2) is 0 Å². The highest BCUT2D eigenvalue weighted by Crippen LogP contribution is 2.27. The average molecular weight is 215 g/mol. The number of nitrogen functional groups attached to an aromatic ring is 1. The summed E-state index contributed by atoms with van der Waals surface area (Å²) in [5, 5.41) is 0. The number of rotatable bonds is 3. The fourth-order valence-electron chi connectivity index (χ4n) is 2.00. The number of anilines is 2. The van der Waals surface area contributed by atoms with Crippen LogP contribution in [-0.2, 0) is 6.54 Å². The van der Waals surface area contributed by atoms with Crippen molar-refractivity contribution in [3.63, 3.8) is 0 Å². The van der Waals surface area contributed by atoms with Crippen molar-refractivity contribution in [2.24, 2.45) is 0 Å². The maximum absolute atomic E-state index is 6.00. The minimum atomic E-state index is 0.828. The van der Waals surface area contributed by atoms with Crippen LogP contribution in [0, 0.1) is 6.92 Å². The number of hydrogen-bond donors (Lipinski definition) is 2. The van der Waals surface area contributed by atoms with Crippen LogP contribution in [0.15, 0.2) is 36.5 Å². The summed E-state index contributed by atoms with van der Waals surface area (Å²) in [5.74, 6) is 0. The van der Waals surface area contributed by atoms with Crippen molar-refractivity contribution >= 4 is 11.4 Å². The number of aromatic amines is 1. The molecule has 0 aliphatic rings. The summed E-state index contributed by atoms with van der Waals surface area (Å²) >= 11 is 0. The van der Waals surface area contributed by atoms with Crippen LogP contribution >= 0.6 is 0 Å². The molecular formula is C13H17N3. The summed E-state index contributed by atoms with van der Waals surface area (Å²) in [6.07, 6.45) is 1.93. The summed E-state index contributed by atoms with van der Waals surface area (Å²) in [7, 11) is 2.06. The Hall–Kier alpha value is -1.90. The smallest absolute Gasteiger partial charge is 0.0630 e. The van der Waals surface area contributed by atoms with E-state index >= 15 is 0 Å². The molecule has 84 valence electrons. The van der Waals surface area contributed by atoms with Gasteiger partial charge in [-0.2, -0.15) is 0 Å². The van der Waals surface area contributed by atoms with Gasteiger partial charge in [-0.1, -0.05) is 12.1 Å². The number of benzene rings is 1. The van der Waals surface area contributed by atoms with Gasteiger partial charge < -0.3 is 15.6 Å². The predicted molar refractivity (Wildman–Crippen MR) is 68.5 cm³/mol. The van der Waals surface area contributed by atoms with Gasteiger partial charge in [-0.05, 0) is 30.7 Å². The zero-order chi connectivity index (χ0) is 11.5. The summed E-state index contributed by atoms with van der Waals surface area (Å²) < 4.78 is 0. The van der Waals surface area contributed by atoms with Crippen LogP contribution < -0.4 is 10.6 Å². The normalized spacial score (nSPS) is 10.4. The topological polar surface area (TPSA) is 45.0 Å². The number of nitrogens with two attached hydrogens (primary N) is 1. The van der Waals surface area contributed by atoms with E-state index in [1.807, 2.05) is 24.4 Å². The summed E-state index contributed by atoms with van der Waals surface area (Å²) in [6, 6.07) is 10.1. The molecule has 0 unspecified atom stereocenters. The van der Waals surface area contributed by atoms with E-state index in [-0.39, 0.29) is 0 Å². The molecule has 1 aromatic carbocycles. The van der Waals surface area contributed by atoms with Crippen LogP contribution in [0.25, 0.3) is 0 Å². The summed E-state index contributed by atoms with van der Waals surface area (Å²) in [4.78, 5) is 5.36. The highest BCUT2D eigenvalue weighted by Gasteiger charge is 2.08. The second kappa shape index (κ2) is 4.31. The lowest BCUT2D eigenvalue weighted by Crippen LogP contribution is -2.19. The summed E-state index contributed by atoms with van der Waals surface area (Å²) in [6.45, 7) is 2.92. The van der Waals surface area contributed by atoms with Gasteiger partial charge in [0.2, 0.25) is 0 Å². The maximum Gasteiger partial charge on any atom is 0.0630 e. The molecule has 0 amide bonds. The average Bonchev–Trinajstić information content (AvgIpc) is 2.70. The van der Waals surface area contributed by atoms with E-state index in [9.17, 15) is 0 Å². The van der Waals surface area contributed by atoms with E-state index in [0.717, 1.165) is 17.9 Å². The van der Waals surface area contributed by atoms with Crippen LogP contribution in [0.2, 0.25) is 0 Å². The summed E-state index contributed by atoms with van der Waals surface area (Å²) in [5.41, 5.74) is 10.3. The second-order valence-electron chi connectivity index (χ2n) is 4.06. The van der Waals surface area contributed by atoms with E-state index in [0.29, 0.717) is 0 Å². The van der Waals surface area contributed by atoms with Gasteiger partial charge >= 0.3 is 0 Å². The van der Waals surface area contributed by atoms with Crippen LogP contribution in [0.1, 0.15) is 11.3 Å². The molecule has 1 aromatic heterocycles. The zero-order valence-electron chi connectivity index (χ0n) is 9.70. The van der Waals surface area contributed by atoms with E-state index in [1.54, 1.807) is 0 Å². The Bertz CT molecular complexity index is 440. The Kier molecular flexibility index (Phi) is 2.86. The van der Waals surface area contributed by atoms with Crippen LogP contribution in [0.5, 0.6) is 0 Å². The molecule has 3 nitrogen and oxygen atoms in total. The fraction of sp³-hybridized carbons (Fsp3) is 0.231. The third-order valence-electron chi connectivity index (χ3n) is 2.72. The number of para-hydroxylation sites is 1. The third-order valence-corrected chi connectivity index (χ3v) is 2.72. The minimum Gasteiger partial charge on any atom is -0.397 e. The highest BCUT2D eigenvalue weighted by atomic mass is 15.1. The monoisotopic (exact) mass is 215 g/mol. The number of hydrogen-bond acceptors (Lipinski definition) is 2. The second-order valence-corrected chi connectivity index (χ2v) is 4.06. The lowest BCUT2D eigenvalue weighted by atomic mass is 10.1. The van der Waals surface area contributed by atoms with Gasteiger partial charge in [0, 0.05) is 18.9 Å². The van der Waals surface area contributed by atoms with Gasteiger partial charge in [-0.25, -0.2) is 0 Å². The predicted octanol–water partition coefficient (Wildman–Crippen LogP) is 2.54. The molecule has 16 heavy (non-hydrogen) atoms. The largest absolute Gasteiger partial charge is 0.397 e. The van der Waals surface area contributed by atoms with Gasteiger partial charge in [-0.15, -0.1) is 0 Å². The Morgan fingerprint density at radius 1 is 1.25 bits per heavy atom. The first kappa shape index (κ1) is 10.6. The quantitative estimate of drug-likeness (QED) is 0.773. The molecule has 2 aromatic rings. The minimum absolute atomic E-state index is 0.828. The molecule has 0 bridgehead atoms. The van der Waals surface area contributed by atoms with E-state index in [2.05, 4.69) is 36.0 Å². The van der Waals surface area contributed by atoms with Crippen molar-refractivity contribution in [3.8, 4) is 0 Å². The molecule has 0 atom stereocenters. The van der Waals surface area contributed by atoms with Gasteiger partial charge in [-0.3, -0.25) is 0 Å². The Morgan fingerprint density at radius 2 is 2.06 bits per heavy atom. The van der Waals surface area contributed by atoms with Crippen molar-refractivity contribution in [2.75, 3.05) is 17.7 Å². The number of H-pyrrole nitrogens is 1. The molecule has 0 saturated carbocycles. The highest BCUT2D eigenvalue weighted by molar-refractivity contribution is 5.70. The molecule has 3 heteroatoms. The first-order chi connectivity index (χ1) is 7.68. The number of nitrogens with one attached hydrogen (secondary N) is 1. The van der Waals surface area contributed by atoms with Crippen molar-refractivity contribution in [3.05, 3.63) is 47.8 Å². The zero-order valence-corrected chi connectivity index (χ0v) is 9.70. The molecule has 0 aliphatic heterocycles. The van der Waals surface area contributed by atoms with Gasteiger partial charge in [0.1, 0.15) is 0 Å². The molecule has 0 radical (unpaired) electrons. The molecule has 1 heterocycles. The van der Waals surface area contributed by atoms with Crippen molar-refractivity contribution in [1.29, 1.82) is 0 Å². The molecule has 0 aliphatic carbocycles. The van der Waals surface area contributed by atoms with Crippen LogP contribution in [0.3, 0.4) is 0 Å². The molecule has 2 rings (SSSR count). The van der Waals surface area contributed by atoms with Gasteiger partial charge in [0.05, 0.1) is 17.9 Å².